The summed E-state index contributed by atoms with van der Waals surface area (Å²) in [5.41, 5.74) is -0.273. The molecule has 3 saturated heterocycles. The van der Waals surface area contributed by atoms with Gasteiger partial charge in [-0.05, 0) is 75.7 Å². The van der Waals surface area contributed by atoms with E-state index in [4.69, 9.17) is 70.4 Å². The Morgan fingerprint density at radius 2 is 0.958 bits per heavy atom. The highest BCUT2D eigenvalue weighted by Gasteiger charge is 2.36. The number of aromatic amines is 3. The molecule has 0 saturated carbocycles. The molecule has 0 unspecified atom stereocenters. The van der Waals surface area contributed by atoms with Crippen molar-refractivity contribution in [1.82, 2.24) is 59.6 Å². The highest BCUT2D eigenvalue weighted by molar-refractivity contribution is 5.90. The lowest BCUT2D eigenvalue weighted by Crippen LogP contribution is -2.53. The second-order valence-electron chi connectivity index (χ2n) is 14.9. The van der Waals surface area contributed by atoms with Crippen LogP contribution in [0.2, 0.25) is 0 Å². The van der Waals surface area contributed by atoms with Gasteiger partial charge in [-0.2, -0.15) is 0 Å². The predicted molar refractivity (Wildman–Crippen MR) is 278 cm³/mol. The van der Waals surface area contributed by atoms with Gasteiger partial charge in [0.1, 0.15) is 57.4 Å². The molecule has 0 aliphatic carbocycles. The summed E-state index contributed by atoms with van der Waals surface area (Å²) in [6.07, 6.45) is -13.1. The zero-order valence-corrected chi connectivity index (χ0v) is 38.2. The zero-order valence-electron chi connectivity index (χ0n) is 78.2. The van der Waals surface area contributed by atoms with Gasteiger partial charge in [0, 0.05) is 111 Å². The average molecular weight is 1020 g/mol. The third kappa shape index (κ3) is 11.5. The molecule has 0 bridgehead atoms. The minimum atomic E-state index is -3.97. The minimum absolute atomic E-state index is 0.0778. The average Bonchev–Trinajstić information content (AvgIpc) is 0.688. The third-order valence-electron chi connectivity index (χ3n) is 9.70. The van der Waals surface area contributed by atoms with Gasteiger partial charge in [0.15, 0.2) is 0 Å². The van der Waals surface area contributed by atoms with E-state index in [-0.39, 0.29) is 81.4 Å². The van der Waals surface area contributed by atoms with Crippen LogP contribution in [0.4, 0.5) is 17.5 Å². The molecule has 0 radical (unpaired) electrons. The van der Waals surface area contributed by atoms with Gasteiger partial charge in [0.25, 0.3) is 19.6 Å². The normalized spacial score (nSPS) is 40.1. The first kappa shape index (κ1) is 21.1. The van der Waals surface area contributed by atoms with E-state index in [0.29, 0.717) is 6.92 Å². The number of piperidine rings is 3. The number of likely N-dealkylation sites (N-methyl/N-ethyl adjacent to an activating group) is 3. The number of rotatable bonds is 9. The van der Waals surface area contributed by atoms with Crippen molar-refractivity contribution >= 4 is 68.3 Å². The summed E-state index contributed by atoms with van der Waals surface area (Å²) in [5, 5.41) is -1.14. The highest BCUT2D eigenvalue weighted by Crippen LogP contribution is 2.32. The molecule has 3 aliphatic heterocycles. The van der Waals surface area contributed by atoms with E-state index in [0.717, 1.165) is 6.92 Å². The molecular weight excluding hydrogens is 913 g/mol. The number of H-pyrrole nitrogens is 3. The molecule has 9 rings (SSSR count). The van der Waals surface area contributed by atoms with E-state index < -0.39 is 212 Å². The zero-order chi connectivity index (χ0) is 86.8. The quantitative estimate of drug-likeness (QED) is 0.152. The summed E-state index contributed by atoms with van der Waals surface area (Å²) in [6, 6.07) is -12.1. The van der Waals surface area contributed by atoms with E-state index in [9.17, 15) is 18.5 Å². The summed E-state index contributed by atoms with van der Waals surface area (Å²) < 4.78 is 336. The monoisotopic (exact) mass is 1020 g/mol. The van der Waals surface area contributed by atoms with Crippen molar-refractivity contribution in [3.05, 3.63) is 88.4 Å². The standard InChI is InChI=1S/3C17H22N6O/c3*1-11-5-6-23(15(24)8-18-3)9-14(11)22(4)17-13-7-12(2)21-16(13)19-10-20-17/h3*7,10-11,14H,5-6,8-9H2,1-2,4H3,(H,19,20,21)/t3*11-,14+/m111/s1/i4D3,5D2,6D2,7D,9D2,10D,11D,14D;1D3,4D3,5D2,6D2,7D,9D2,10D,14D;4D3,5D2,6D2,7D,9D2,10D,14D. The van der Waals surface area contributed by atoms with Crippen LogP contribution in [0, 0.1) is 58.2 Å². The number of hydrogen-bond donors (Lipinski definition) is 3. The number of fused-ring (bicyclic) bond motifs is 3. The van der Waals surface area contributed by atoms with Gasteiger partial charge in [-0.25, -0.2) is 49.6 Å². The van der Waals surface area contributed by atoms with Crippen LogP contribution < -0.4 is 14.7 Å². The molecule has 21 heteroatoms. The van der Waals surface area contributed by atoms with Crippen molar-refractivity contribution in [3.8, 4) is 0 Å². The van der Waals surface area contributed by atoms with Crippen molar-refractivity contribution in [3.63, 3.8) is 0 Å². The van der Waals surface area contributed by atoms with Crippen LogP contribution in [0.15, 0.2) is 37.0 Å². The van der Waals surface area contributed by atoms with Gasteiger partial charge in [0.05, 0.1) is 50.7 Å². The van der Waals surface area contributed by atoms with Crippen molar-refractivity contribution in [2.24, 2.45) is 17.7 Å². The third-order valence-corrected chi connectivity index (χ3v) is 9.70. The van der Waals surface area contributed by atoms with Gasteiger partial charge in [-0.1, -0.05) is 20.7 Å². The fourth-order valence-electron chi connectivity index (χ4n) is 6.37. The van der Waals surface area contributed by atoms with E-state index in [2.05, 4.69) is 59.4 Å². The Kier molecular flexibility index (Phi) is 6.71. The number of aryl methyl sites for hydroxylation is 3. The second kappa shape index (κ2) is 22.9. The molecule has 0 spiro atoms. The van der Waals surface area contributed by atoms with Crippen LogP contribution >= 0.6 is 0 Å². The van der Waals surface area contributed by atoms with Gasteiger partial charge in [0.2, 0.25) is 0 Å². The molecule has 0 aromatic carbocycles. The largest absolute Gasteiger partial charge is 0.354 e. The molecule has 3 amide bonds. The Balaban J connectivity index is 0.000000233. The number of carbonyl (C=O) groups is 3. The number of amides is 3. The highest BCUT2D eigenvalue weighted by atomic mass is 16.2. The first-order valence-corrected chi connectivity index (χ1v) is 20.5. The number of nitrogens with one attached hydrogen (secondary N) is 3. The lowest BCUT2D eigenvalue weighted by molar-refractivity contribution is -0.131. The number of likely N-dealkylation sites (tertiary alicyclic amines) is 3. The summed E-state index contributed by atoms with van der Waals surface area (Å²) in [7, 11) is 0. The maximum Gasteiger partial charge on any atom is 0.302 e. The van der Waals surface area contributed by atoms with Crippen molar-refractivity contribution in [1.29, 1.82) is 0 Å². The van der Waals surface area contributed by atoms with E-state index >= 15 is 0 Å². The van der Waals surface area contributed by atoms with Crippen LogP contribution in [0.3, 0.4) is 0 Å². The van der Waals surface area contributed by atoms with E-state index in [1.54, 1.807) is 0 Å². The number of carbonyl (C=O) groups excluding carboxylic acids is 3. The summed E-state index contributed by atoms with van der Waals surface area (Å²) in [5.74, 6) is -15.9. The Morgan fingerprint density at radius 3 is 1.33 bits per heavy atom. The Hall–Kier alpha value is -7.86. The molecule has 6 aromatic heterocycles. The molecule has 378 valence electrons. The lowest BCUT2D eigenvalue weighted by atomic mass is 9.92. The van der Waals surface area contributed by atoms with Crippen LogP contribution in [0.5, 0.6) is 0 Å². The summed E-state index contributed by atoms with van der Waals surface area (Å²) in [6.45, 7) is -13.6. The maximum atomic E-state index is 12.9. The second-order valence-corrected chi connectivity index (χ2v) is 14.9. The van der Waals surface area contributed by atoms with Crippen LogP contribution in [-0.2, 0) is 14.4 Å². The fourth-order valence-corrected chi connectivity index (χ4v) is 6.37. The van der Waals surface area contributed by atoms with Gasteiger partial charge < -0.3 is 58.9 Å². The molecule has 3 fully saturated rings. The van der Waals surface area contributed by atoms with Crippen LogP contribution in [0.25, 0.3) is 47.6 Å². The molecule has 9 heterocycles. The number of nitrogens with zero attached hydrogens (tertiary/aromatic N) is 15. The van der Waals surface area contributed by atoms with Gasteiger partial charge in [-0.3, -0.25) is 14.4 Å². The van der Waals surface area contributed by atoms with Gasteiger partial charge in [-0.15, -0.1) is 0 Å². The number of hydrogen-bond acceptors (Lipinski definition) is 12. The summed E-state index contributed by atoms with van der Waals surface area (Å²) >= 11 is 0. The Bertz CT molecular complexity index is 4890. The number of aromatic nitrogens is 9. The first-order valence-electron chi connectivity index (χ1n) is 40.5. The van der Waals surface area contributed by atoms with Crippen LogP contribution in [0.1, 0.15) is 112 Å². The smallest absolute Gasteiger partial charge is 0.302 e. The first-order chi connectivity index (χ1) is 50.1. The molecule has 3 aliphatic rings. The number of anilines is 3. The molecule has 6 atom stereocenters. The van der Waals surface area contributed by atoms with E-state index in [1.807, 2.05) is 0 Å². The molecular formula is C51H66N18O3. The van der Waals surface area contributed by atoms with Gasteiger partial charge >= 0.3 is 17.7 Å². The Morgan fingerprint density at radius 1 is 0.611 bits per heavy atom. The Labute approximate surface area is 477 Å². The summed E-state index contributed by atoms with van der Waals surface area (Å²) in [4.78, 5) is 76.1. The SMILES string of the molecule is [2H]c1nc(N(C([2H])([2H])[2H])[C@@]2([2H])C([2H])([2H])N(C(=O)C[N+]#[C-])C([2H])([2H])C([2H])([2H])[C@@]2([2H])C)c2c([2H])c(C)[nH]c2n1.[2H]c1nc(N(C([2H])([2H])[2H])[C@]2([2H])[C@H](C([2H])([2H])[2H])C([2H])([2H])C([2H])([2H])N(C(=O)C[N+]#[C-])C2([2H])[2H])c2c([2H])c(C)[nH]c2n1.[2H]c1nc(N(C([2H])([2H])[2H])[C@]2([2H])[C@H](C)C([2H])([2H])C([2H])([2H])N(C(=O)C[N+]#[C-])C2([2H])[2H])c2c([2H])c(C)[nH]c2n1. The fraction of sp³-hybridized carbons (Fsp3) is 0.529. The molecule has 21 nitrogen and oxygen atoms in total. The minimum Gasteiger partial charge on any atom is -0.354 e. The predicted octanol–water partition coefficient (Wildman–Crippen LogP) is 5.58. The van der Waals surface area contributed by atoms with Crippen molar-refractivity contribution < 1.29 is 69.2 Å². The van der Waals surface area contributed by atoms with E-state index in [1.165, 1.54) is 20.8 Å². The van der Waals surface area contributed by atoms with Crippen molar-refractivity contribution in [2.75, 3.05) is 94.2 Å². The molecule has 72 heavy (non-hydrogen) atoms. The van der Waals surface area contributed by atoms with Crippen molar-refractivity contribution in [2.45, 2.75) is 78.6 Å². The maximum absolute atomic E-state index is 12.9. The molecule has 6 aromatic rings. The lowest BCUT2D eigenvalue weighted by Gasteiger charge is -2.41. The van der Waals surface area contributed by atoms with Crippen LogP contribution in [-0.4, -0.2) is 175 Å². The topological polar surface area (TPSA) is 208 Å². The molecule has 3 N–H and O–H groups in total.